The molecule has 1 saturated heterocycles. The Morgan fingerprint density at radius 1 is 1.53 bits per heavy atom. The van der Waals surface area contributed by atoms with Crippen LogP contribution in [0.5, 0.6) is 0 Å². The van der Waals surface area contributed by atoms with Crippen molar-refractivity contribution in [2.24, 2.45) is 0 Å². The van der Waals surface area contributed by atoms with Gasteiger partial charge in [-0.1, -0.05) is 6.92 Å². The summed E-state index contributed by atoms with van der Waals surface area (Å²) in [6, 6.07) is 0.621. The highest BCUT2D eigenvalue weighted by atomic mass is 15.2. The molecule has 1 aliphatic rings. The highest BCUT2D eigenvalue weighted by molar-refractivity contribution is 5.38. The number of nitrogens with zero attached hydrogens (tertiary/aromatic N) is 2. The van der Waals surface area contributed by atoms with Gasteiger partial charge in [-0.25, -0.2) is 0 Å². The van der Waals surface area contributed by atoms with E-state index < -0.39 is 0 Å². The monoisotopic (exact) mass is 208 g/mol. The molecule has 0 aromatic carbocycles. The minimum absolute atomic E-state index is 0.621. The van der Waals surface area contributed by atoms with E-state index in [9.17, 15) is 0 Å². The molecule has 0 aliphatic carbocycles. The van der Waals surface area contributed by atoms with E-state index in [1.54, 1.807) is 0 Å². The molecular formula is C11H20N4. The van der Waals surface area contributed by atoms with Gasteiger partial charge in [-0.3, -0.25) is 5.10 Å². The highest BCUT2D eigenvalue weighted by Gasteiger charge is 2.18. The summed E-state index contributed by atoms with van der Waals surface area (Å²) in [5.41, 5.74) is 1.11. The van der Waals surface area contributed by atoms with E-state index in [-0.39, 0.29) is 0 Å². The summed E-state index contributed by atoms with van der Waals surface area (Å²) in [5, 5.41) is 10.3. The number of anilines is 1. The SMILES string of the molecule is CCCN1CCC(Nc2cn[nH]c2)CC1. The van der Waals surface area contributed by atoms with Crippen LogP contribution in [-0.2, 0) is 0 Å². The predicted molar refractivity (Wildman–Crippen MR) is 62.0 cm³/mol. The molecule has 2 rings (SSSR count). The molecule has 0 radical (unpaired) electrons. The highest BCUT2D eigenvalue weighted by Crippen LogP contribution is 2.15. The maximum absolute atomic E-state index is 3.93. The first-order valence-electron chi connectivity index (χ1n) is 5.86. The fourth-order valence-corrected chi connectivity index (χ4v) is 2.18. The molecule has 15 heavy (non-hydrogen) atoms. The van der Waals surface area contributed by atoms with E-state index in [1.165, 1.54) is 38.9 Å². The van der Waals surface area contributed by atoms with Crippen molar-refractivity contribution in [3.05, 3.63) is 12.4 Å². The van der Waals surface area contributed by atoms with E-state index in [4.69, 9.17) is 0 Å². The standard InChI is InChI=1S/C11H20N4/c1-2-5-15-6-3-10(4-7-15)14-11-8-12-13-9-11/h8-10,14H,2-7H2,1H3,(H,12,13). The van der Waals surface area contributed by atoms with Gasteiger partial charge in [0, 0.05) is 25.3 Å². The van der Waals surface area contributed by atoms with Gasteiger partial charge in [0.25, 0.3) is 0 Å². The van der Waals surface area contributed by atoms with Crippen LogP contribution in [0.4, 0.5) is 5.69 Å². The second-order valence-electron chi connectivity index (χ2n) is 4.25. The zero-order valence-corrected chi connectivity index (χ0v) is 9.37. The van der Waals surface area contributed by atoms with E-state index in [1.807, 2.05) is 12.4 Å². The average molecular weight is 208 g/mol. The first kappa shape index (κ1) is 10.5. The summed E-state index contributed by atoms with van der Waals surface area (Å²) in [6.45, 7) is 5.95. The Balaban J connectivity index is 1.74. The van der Waals surface area contributed by atoms with Gasteiger partial charge in [-0.2, -0.15) is 5.10 Å². The van der Waals surface area contributed by atoms with Gasteiger partial charge in [0.05, 0.1) is 11.9 Å². The molecule has 0 unspecified atom stereocenters. The Bertz CT molecular complexity index is 262. The molecule has 0 amide bonds. The molecule has 4 nitrogen and oxygen atoms in total. The summed E-state index contributed by atoms with van der Waals surface area (Å²) >= 11 is 0. The van der Waals surface area contributed by atoms with Gasteiger partial charge in [-0.15, -0.1) is 0 Å². The van der Waals surface area contributed by atoms with Gasteiger partial charge in [0.15, 0.2) is 0 Å². The Morgan fingerprint density at radius 3 is 2.93 bits per heavy atom. The zero-order chi connectivity index (χ0) is 10.5. The maximum atomic E-state index is 3.93. The number of aromatic amines is 1. The fourth-order valence-electron chi connectivity index (χ4n) is 2.18. The summed E-state index contributed by atoms with van der Waals surface area (Å²) < 4.78 is 0. The lowest BCUT2D eigenvalue weighted by atomic mass is 10.0. The van der Waals surface area contributed by atoms with E-state index in [0.29, 0.717) is 6.04 Å². The molecule has 0 spiro atoms. The fraction of sp³-hybridized carbons (Fsp3) is 0.727. The molecular weight excluding hydrogens is 188 g/mol. The van der Waals surface area contributed by atoms with Crippen molar-refractivity contribution >= 4 is 5.69 Å². The van der Waals surface area contributed by atoms with Crippen LogP contribution in [0.2, 0.25) is 0 Å². The molecule has 0 saturated carbocycles. The minimum atomic E-state index is 0.621. The number of H-pyrrole nitrogens is 1. The molecule has 0 bridgehead atoms. The molecule has 1 fully saturated rings. The van der Waals surface area contributed by atoms with E-state index in [0.717, 1.165) is 5.69 Å². The van der Waals surface area contributed by atoms with Crippen LogP contribution in [0, 0.1) is 0 Å². The third kappa shape index (κ3) is 2.96. The minimum Gasteiger partial charge on any atom is -0.380 e. The zero-order valence-electron chi connectivity index (χ0n) is 9.37. The predicted octanol–water partition coefficient (Wildman–Crippen LogP) is 1.70. The molecule has 1 aromatic heterocycles. The molecule has 84 valence electrons. The van der Waals surface area contributed by atoms with Crippen LogP contribution in [0.15, 0.2) is 12.4 Å². The summed E-state index contributed by atoms with van der Waals surface area (Å²) in [4.78, 5) is 2.55. The molecule has 0 atom stereocenters. The Morgan fingerprint density at radius 2 is 2.33 bits per heavy atom. The molecule has 4 heteroatoms. The Hall–Kier alpha value is -1.03. The van der Waals surface area contributed by atoms with Gasteiger partial charge in [-0.05, 0) is 25.8 Å². The van der Waals surface area contributed by atoms with Crippen LogP contribution >= 0.6 is 0 Å². The number of hydrogen-bond acceptors (Lipinski definition) is 3. The van der Waals surface area contributed by atoms with Crippen molar-refractivity contribution in [1.82, 2.24) is 15.1 Å². The molecule has 2 N–H and O–H groups in total. The van der Waals surface area contributed by atoms with Gasteiger partial charge < -0.3 is 10.2 Å². The maximum Gasteiger partial charge on any atom is 0.0725 e. The third-order valence-corrected chi connectivity index (χ3v) is 3.00. The second-order valence-corrected chi connectivity index (χ2v) is 4.25. The summed E-state index contributed by atoms with van der Waals surface area (Å²) in [5.74, 6) is 0. The second kappa shape index (κ2) is 5.16. The molecule has 2 heterocycles. The van der Waals surface area contributed by atoms with Crippen molar-refractivity contribution < 1.29 is 0 Å². The smallest absolute Gasteiger partial charge is 0.0725 e. The summed E-state index contributed by atoms with van der Waals surface area (Å²) in [6.07, 6.45) is 7.51. The number of likely N-dealkylation sites (tertiary alicyclic amines) is 1. The van der Waals surface area contributed by atoms with Crippen LogP contribution in [-0.4, -0.2) is 40.8 Å². The average Bonchev–Trinajstić information content (AvgIpc) is 2.74. The van der Waals surface area contributed by atoms with Crippen molar-refractivity contribution in [2.45, 2.75) is 32.2 Å². The number of rotatable bonds is 4. The van der Waals surface area contributed by atoms with Gasteiger partial charge >= 0.3 is 0 Å². The Kier molecular flexibility index (Phi) is 3.61. The number of aromatic nitrogens is 2. The first-order valence-corrected chi connectivity index (χ1v) is 5.86. The topological polar surface area (TPSA) is 44.0 Å². The lowest BCUT2D eigenvalue weighted by Crippen LogP contribution is -2.39. The largest absolute Gasteiger partial charge is 0.380 e. The first-order chi connectivity index (χ1) is 7.38. The number of nitrogens with one attached hydrogen (secondary N) is 2. The lowest BCUT2D eigenvalue weighted by molar-refractivity contribution is 0.219. The van der Waals surface area contributed by atoms with Gasteiger partial charge in [0.2, 0.25) is 0 Å². The number of hydrogen-bond donors (Lipinski definition) is 2. The van der Waals surface area contributed by atoms with E-state index >= 15 is 0 Å². The van der Waals surface area contributed by atoms with Crippen LogP contribution in [0.1, 0.15) is 26.2 Å². The summed E-state index contributed by atoms with van der Waals surface area (Å²) in [7, 11) is 0. The molecule has 1 aromatic rings. The van der Waals surface area contributed by atoms with Gasteiger partial charge in [0.1, 0.15) is 0 Å². The molecule has 1 aliphatic heterocycles. The third-order valence-electron chi connectivity index (χ3n) is 3.00. The number of piperidine rings is 1. The Labute approximate surface area is 91.1 Å². The van der Waals surface area contributed by atoms with Crippen LogP contribution < -0.4 is 5.32 Å². The van der Waals surface area contributed by atoms with Crippen molar-refractivity contribution in [2.75, 3.05) is 25.0 Å². The van der Waals surface area contributed by atoms with Crippen LogP contribution in [0.25, 0.3) is 0 Å². The van der Waals surface area contributed by atoms with Crippen molar-refractivity contribution in [3.8, 4) is 0 Å². The van der Waals surface area contributed by atoms with Crippen LogP contribution in [0.3, 0.4) is 0 Å². The van der Waals surface area contributed by atoms with Crippen molar-refractivity contribution in [3.63, 3.8) is 0 Å². The van der Waals surface area contributed by atoms with E-state index in [2.05, 4.69) is 27.3 Å². The quantitative estimate of drug-likeness (QED) is 0.791. The normalized spacial score (nSPS) is 19.3. The lowest BCUT2D eigenvalue weighted by Gasteiger charge is -2.32. The van der Waals surface area contributed by atoms with Crippen molar-refractivity contribution in [1.29, 1.82) is 0 Å².